The van der Waals surface area contributed by atoms with Crippen molar-refractivity contribution < 1.29 is 0 Å². The maximum Gasteiger partial charge on any atom is 0.101 e. The van der Waals surface area contributed by atoms with Crippen LogP contribution in [0.25, 0.3) is 0 Å². The van der Waals surface area contributed by atoms with Gasteiger partial charge in [0.05, 0.1) is 5.56 Å². The molecule has 1 heterocycles. The van der Waals surface area contributed by atoms with Crippen LogP contribution >= 0.6 is 0 Å². The lowest BCUT2D eigenvalue weighted by Crippen LogP contribution is -2.30. The summed E-state index contributed by atoms with van der Waals surface area (Å²) in [4.78, 5) is 2.39. The van der Waals surface area contributed by atoms with E-state index in [1.54, 1.807) is 6.07 Å². The molecular formula is C15H22N4. The minimum absolute atomic E-state index is 0.545. The van der Waals surface area contributed by atoms with E-state index >= 15 is 0 Å². The molecule has 1 aromatic rings. The first-order chi connectivity index (χ1) is 9.19. The summed E-state index contributed by atoms with van der Waals surface area (Å²) in [6.45, 7) is 3.39. The largest absolute Gasteiger partial charge is 0.398 e. The summed E-state index contributed by atoms with van der Waals surface area (Å²) in [5.41, 5.74) is 7.78. The molecule has 4 heteroatoms. The fourth-order valence-electron chi connectivity index (χ4n) is 2.53. The molecule has 19 heavy (non-hydrogen) atoms. The fourth-order valence-corrected chi connectivity index (χ4v) is 2.53. The number of nitrogens with one attached hydrogen (secondary N) is 1. The van der Waals surface area contributed by atoms with Crippen LogP contribution in [0, 0.1) is 17.2 Å². The number of hydrogen-bond acceptors (Lipinski definition) is 4. The second-order valence-corrected chi connectivity index (χ2v) is 5.38. The summed E-state index contributed by atoms with van der Waals surface area (Å²) >= 11 is 0. The summed E-state index contributed by atoms with van der Waals surface area (Å²) in [6.07, 6.45) is 3.78. The van der Waals surface area contributed by atoms with Crippen LogP contribution in [0.4, 0.5) is 11.4 Å². The van der Waals surface area contributed by atoms with E-state index in [1.807, 2.05) is 12.1 Å². The molecule has 1 aliphatic heterocycles. The molecule has 0 amide bonds. The van der Waals surface area contributed by atoms with Crippen molar-refractivity contribution in [3.8, 4) is 6.07 Å². The van der Waals surface area contributed by atoms with Crippen LogP contribution in [0.5, 0.6) is 0 Å². The molecule has 102 valence electrons. The number of rotatable bonds is 4. The first-order valence-corrected chi connectivity index (χ1v) is 6.91. The Morgan fingerprint density at radius 1 is 1.42 bits per heavy atom. The van der Waals surface area contributed by atoms with Crippen LogP contribution in [-0.4, -0.2) is 31.6 Å². The topological polar surface area (TPSA) is 65.1 Å². The highest BCUT2D eigenvalue weighted by Crippen LogP contribution is 2.21. The number of piperidine rings is 1. The van der Waals surface area contributed by atoms with Gasteiger partial charge in [-0.15, -0.1) is 0 Å². The van der Waals surface area contributed by atoms with Gasteiger partial charge in [-0.05, 0) is 63.5 Å². The van der Waals surface area contributed by atoms with Crippen molar-refractivity contribution in [2.75, 3.05) is 37.7 Å². The average Bonchev–Trinajstić information content (AvgIpc) is 2.43. The van der Waals surface area contributed by atoms with E-state index in [0.29, 0.717) is 11.3 Å². The average molecular weight is 258 g/mol. The Hall–Kier alpha value is -1.73. The van der Waals surface area contributed by atoms with Gasteiger partial charge in [0.1, 0.15) is 6.07 Å². The quantitative estimate of drug-likeness (QED) is 0.813. The fraction of sp³-hybridized carbons (Fsp3) is 0.533. The lowest BCUT2D eigenvalue weighted by Gasteiger charge is -2.29. The summed E-state index contributed by atoms with van der Waals surface area (Å²) in [5.74, 6) is 0.827. The molecule has 0 radical (unpaired) electrons. The summed E-state index contributed by atoms with van der Waals surface area (Å²) in [7, 11) is 2.19. The Balaban J connectivity index is 1.78. The summed E-state index contributed by atoms with van der Waals surface area (Å²) < 4.78 is 0. The van der Waals surface area contributed by atoms with Crippen molar-refractivity contribution in [2.45, 2.75) is 19.3 Å². The molecule has 0 saturated carbocycles. The van der Waals surface area contributed by atoms with E-state index in [2.05, 4.69) is 23.3 Å². The van der Waals surface area contributed by atoms with Crippen LogP contribution in [-0.2, 0) is 0 Å². The molecule has 0 unspecified atom stereocenters. The van der Waals surface area contributed by atoms with E-state index in [-0.39, 0.29) is 0 Å². The zero-order valence-electron chi connectivity index (χ0n) is 11.5. The lowest BCUT2D eigenvalue weighted by atomic mass is 9.94. The maximum atomic E-state index is 8.93. The van der Waals surface area contributed by atoms with Crippen molar-refractivity contribution >= 4 is 11.4 Å². The van der Waals surface area contributed by atoms with Gasteiger partial charge in [0, 0.05) is 17.9 Å². The summed E-state index contributed by atoms with van der Waals surface area (Å²) in [5, 5.41) is 12.3. The monoisotopic (exact) mass is 258 g/mol. The Bertz CT molecular complexity index is 456. The van der Waals surface area contributed by atoms with E-state index in [1.165, 1.54) is 32.4 Å². The van der Waals surface area contributed by atoms with E-state index in [4.69, 9.17) is 11.0 Å². The first-order valence-electron chi connectivity index (χ1n) is 6.91. The van der Waals surface area contributed by atoms with Gasteiger partial charge in [0.15, 0.2) is 0 Å². The molecule has 1 aromatic carbocycles. The zero-order valence-corrected chi connectivity index (χ0v) is 11.5. The molecule has 3 N–H and O–H groups in total. The Morgan fingerprint density at radius 2 is 2.16 bits per heavy atom. The second-order valence-electron chi connectivity index (χ2n) is 5.38. The maximum absolute atomic E-state index is 8.93. The molecule has 0 spiro atoms. The third-order valence-electron chi connectivity index (χ3n) is 3.89. The highest BCUT2D eigenvalue weighted by molar-refractivity contribution is 5.61. The van der Waals surface area contributed by atoms with E-state index < -0.39 is 0 Å². The van der Waals surface area contributed by atoms with E-state index in [0.717, 1.165) is 18.2 Å². The van der Waals surface area contributed by atoms with Gasteiger partial charge >= 0.3 is 0 Å². The number of hydrogen-bond donors (Lipinski definition) is 2. The first kappa shape index (κ1) is 13.7. The van der Waals surface area contributed by atoms with Gasteiger partial charge in [-0.1, -0.05) is 0 Å². The van der Waals surface area contributed by atoms with Crippen molar-refractivity contribution in [1.82, 2.24) is 4.90 Å². The molecule has 0 aliphatic carbocycles. The van der Waals surface area contributed by atoms with Crippen molar-refractivity contribution in [3.05, 3.63) is 23.8 Å². The third kappa shape index (κ3) is 3.87. The smallest absolute Gasteiger partial charge is 0.101 e. The Kier molecular flexibility index (Phi) is 4.64. The number of anilines is 2. The molecule has 1 fully saturated rings. The number of nitriles is 1. The Morgan fingerprint density at radius 3 is 2.84 bits per heavy atom. The standard InChI is InChI=1S/C15H22N4/c1-19-8-5-12(6-9-19)4-7-18-14-2-3-15(17)13(10-14)11-16/h2-3,10,12,18H,4-9,17H2,1H3. The van der Waals surface area contributed by atoms with Crippen molar-refractivity contribution in [2.24, 2.45) is 5.92 Å². The van der Waals surface area contributed by atoms with Crippen LogP contribution in [0.15, 0.2) is 18.2 Å². The minimum Gasteiger partial charge on any atom is -0.398 e. The highest BCUT2D eigenvalue weighted by atomic mass is 15.1. The molecule has 2 rings (SSSR count). The van der Waals surface area contributed by atoms with Crippen molar-refractivity contribution in [1.29, 1.82) is 5.26 Å². The predicted octanol–water partition coefficient (Wildman–Crippen LogP) is 2.28. The van der Waals surface area contributed by atoms with Gasteiger partial charge in [-0.25, -0.2) is 0 Å². The number of likely N-dealkylation sites (tertiary alicyclic amines) is 1. The van der Waals surface area contributed by atoms with Gasteiger partial charge in [0.25, 0.3) is 0 Å². The van der Waals surface area contributed by atoms with Gasteiger partial charge in [-0.3, -0.25) is 0 Å². The molecule has 0 aromatic heterocycles. The van der Waals surface area contributed by atoms with Crippen LogP contribution in [0.3, 0.4) is 0 Å². The predicted molar refractivity (Wildman–Crippen MR) is 78.9 cm³/mol. The number of benzene rings is 1. The normalized spacial score (nSPS) is 17.1. The molecular weight excluding hydrogens is 236 g/mol. The molecule has 1 aliphatic rings. The SMILES string of the molecule is CN1CCC(CCNc2ccc(N)c(C#N)c2)CC1. The number of nitrogens with two attached hydrogens (primary N) is 1. The summed E-state index contributed by atoms with van der Waals surface area (Å²) in [6, 6.07) is 7.66. The van der Waals surface area contributed by atoms with Gasteiger partial charge in [-0.2, -0.15) is 5.26 Å². The highest BCUT2D eigenvalue weighted by Gasteiger charge is 2.15. The van der Waals surface area contributed by atoms with Gasteiger partial charge in [0.2, 0.25) is 0 Å². The van der Waals surface area contributed by atoms with E-state index in [9.17, 15) is 0 Å². The van der Waals surface area contributed by atoms with Gasteiger partial charge < -0.3 is 16.0 Å². The van der Waals surface area contributed by atoms with Crippen LogP contribution < -0.4 is 11.1 Å². The zero-order chi connectivity index (χ0) is 13.7. The number of nitrogens with zero attached hydrogens (tertiary/aromatic N) is 2. The molecule has 0 atom stereocenters. The van der Waals surface area contributed by atoms with Crippen molar-refractivity contribution in [3.63, 3.8) is 0 Å². The minimum atomic E-state index is 0.545. The third-order valence-corrected chi connectivity index (χ3v) is 3.89. The number of nitrogen functional groups attached to an aromatic ring is 1. The molecule has 4 nitrogen and oxygen atoms in total. The molecule has 1 saturated heterocycles. The molecule has 0 bridgehead atoms. The second kappa shape index (κ2) is 6.44. The lowest BCUT2D eigenvalue weighted by molar-refractivity contribution is 0.215. The van der Waals surface area contributed by atoms with Crippen LogP contribution in [0.1, 0.15) is 24.8 Å². The Labute approximate surface area is 115 Å². The van der Waals surface area contributed by atoms with Crippen LogP contribution in [0.2, 0.25) is 0 Å².